The summed E-state index contributed by atoms with van der Waals surface area (Å²) in [4.78, 5) is 46.8. The van der Waals surface area contributed by atoms with Gasteiger partial charge in [0.15, 0.2) is 0 Å². The minimum absolute atomic E-state index is 0.00621. The van der Waals surface area contributed by atoms with Gasteiger partial charge in [-0.1, -0.05) is 44.1 Å². The van der Waals surface area contributed by atoms with Crippen LogP contribution in [-0.2, 0) is 14.4 Å². The van der Waals surface area contributed by atoms with Crippen LogP contribution < -0.4 is 0 Å². The van der Waals surface area contributed by atoms with E-state index in [1.54, 1.807) is 28.6 Å². The molecule has 1 spiro atoms. The van der Waals surface area contributed by atoms with Gasteiger partial charge in [-0.15, -0.1) is 11.8 Å². The molecular formula is C25H37N3O4S. The Kier molecular flexibility index (Phi) is 6.97. The van der Waals surface area contributed by atoms with E-state index < -0.39 is 27.4 Å². The van der Waals surface area contributed by atoms with E-state index in [0.29, 0.717) is 39.0 Å². The van der Waals surface area contributed by atoms with Gasteiger partial charge in [-0.2, -0.15) is 0 Å². The molecule has 0 aliphatic carbocycles. The summed E-state index contributed by atoms with van der Waals surface area (Å²) in [7, 11) is 1.79. The second-order valence-electron chi connectivity index (χ2n) is 9.97. The number of carbonyl (C=O) groups is 3. The largest absolute Gasteiger partial charge is 0.396 e. The molecular weight excluding hydrogens is 438 g/mol. The molecule has 0 saturated carbocycles. The molecule has 4 heterocycles. The van der Waals surface area contributed by atoms with Crippen LogP contribution in [0.1, 0.15) is 46.0 Å². The van der Waals surface area contributed by atoms with Crippen LogP contribution in [0.4, 0.5) is 0 Å². The van der Waals surface area contributed by atoms with Crippen LogP contribution in [0.5, 0.6) is 0 Å². The van der Waals surface area contributed by atoms with E-state index in [1.807, 2.05) is 24.0 Å². The van der Waals surface area contributed by atoms with Crippen LogP contribution in [0, 0.1) is 11.8 Å². The van der Waals surface area contributed by atoms with Crippen LogP contribution >= 0.6 is 11.8 Å². The first-order valence-electron chi connectivity index (χ1n) is 12.3. The van der Waals surface area contributed by atoms with E-state index in [-0.39, 0.29) is 24.3 Å². The predicted octanol–water partition coefficient (Wildman–Crippen LogP) is 2.06. The van der Waals surface area contributed by atoms with Crippen molar-refractivity contribution in [2.75, 3.05) is 39.8 Å². The van der Waals surface area contributed by atoms with Gasteiger partial charge >= 0.3 is 0 Å². The molecule has 7 nitrogen and oxygen atoms in total. The van der Waals surface area contributed by atoms with Crippen LogP contribution in [-0.4, -0.2) is 92.9 Å². The lowest BCUT2D eigenvalue weighted by Gasteiger charge is -2.37. The SMILES string of the molecule is CCCCCN1CC=C[C@]23S[C@@]4(C)C=CCN(C)C(=O)[C@H]4[C@H]2C(=O)N(CCCCO)C3C1=O. The van der Waals surface area contributed by atoms with E-state index in [0.717, 1.165) is 19.3 Å². The molecule has 2 fully saturated rings. The van der Waals surface area contributed by atoms with Gasteiger partial charge < -0.3 is 19.8 Å². The first-order chi connectivity index (χ1) is 15.8. The number of rotatable bonds is 8. The van der Waals surface area contributed by atoms with E-state index in [1.165, 1.54) is 0 Å². The van der Waals surface area contributed by atoms with Crippen molar-refractivity contribution in [2.24, 2.45) is 11.8 Å². The molecule has 8 heteroatoms. The number of aliphatic hydroxyl groups excluding tert-OH is 1. The number of fused-ring (bicyclic) bond motifs is 2. The van der Waals surface area contributed by atoms with E-state index in [9.17, 15) is 19.5 Å². The maximum atomic E-state index is 14.0. The van der Waals surface area contributed by atoms with Crippen molar-refractivity contribution in [3.8, 4) is 0 Å². The van der Waals surface area contributed by atoms with E-state index >= 15 is 0 Å². The molecule has 33 heavy (non-hydrogen) atoms. The molecule has 0 aromatic heterocycles. The number of hydrogen-bond acceptors (Lipinski definition) is 5. The summed E-state index contributed by atoms with van der Waals surface area (Å²) >= 11 is 1.63. The molecule has 0 aromatic rings. The fourth-order valence-electron chi connectivity index (χ4n) is 6.08. The van der Waals surface area contributed by atoms with Gasteiger partial charge in [-0.05, 0) is 26.2 Å². The maximum absolute atomic E-state index is 14.0. The molecule has 4 rings (SSSR count). The van der Waals surface area contributed by atoms with Gasteiger partial charge in [0.2, 0.25) is 17.7 Å². The van der Waals surface area contributed by atoms with E-state index in [4.69, 9.17) is 0 Å². The standard InChI is InChI=1S/C25H37N3O4S/c1-4-5-6-14-27-15-10-12-25-19(18-21(30)26(3)13-9-11-24(18,2)33-25)22(31)28(16-7-8-17-29)20(25)23(27)32/h9-12,18-20,29H,4-8,13-17H2,1-3H3/t18-,19+,20?,24+,25+/m1/s1. The Morgan fingerprint density at radius 2 is 1.70 bits per heavy atom. The number of unbranched alkanes of at least 4 members (excludes halogenated alkanes) is 3. The first-order valence-corrected chi connectivity index (χ1v) is 13.1. The molecule has 4 aliphatic heterocycles. The second-order valence-corrected chi connectivity index (χ2v) is 11.8. The van der Waals surface area contributed by atoms with Crippen molar-refractivity contribution in [3.63, 3.8) is 0 Å². The Morgan fingerprint density at radius 1 is 0.970 bits per heavy atom. The van der Waals surface area contributed by atoms with Crippen molar-refractivity contribution >= 4 is 29.5 Å². The summed E-state index contributed by atoms with van der Waals surface area (Å²) in [6.45, 7) is 6.42. The molecule has 0 aromatic carbocycles. The van der Waals surface area contributed by atoms with Crippen molar-refractivity contribution in [3.05, 3.63) is 24.3 Å². The quantitative estimate of drug-likeness (QED) is 0.429. The van der Waals surface area contributed by atoms with Gasteiger partial charge in [0.05, 0.1) is 16.6 Å². The minimum Gasteiger partial charge on any atom is -0.396 e. The van der Waals surface area contributed by atoms with Crippen molar-refractivity contribution < 1.29 is 19.5 Å². The Labute approximate surface area is 201 Å². The third-order valence-corrected chi connectivity index (χ3v) is 9.48. The highest BCUT2D eigenvalue weighted by Crippen LogP contribution is 2.65. The number of thioether (sulfide) groups is 1. The highest BCUT2D eigenvalue weighted by Gasteiger charge is 2.73. The molecule has 0 bridgehead atoms. The summed E-state index contributed by atoms with van der Waals surface area (Å²) in [5.74, 6) is -1.20. The highest BCUT2D eigenvalue weighted by molar-refractivity contribution is 8.02. The Balaban J connectivity index is 1.76. The third-order valence-electron chi connectivity index (χ3n) is 7.68. The van der Waals surface area contributed by atoms with Crippen LogP contribution in [0.2, 0.25) is 0 Å². The fourth-order valence-corrected chi connectivity index (χ4v) is 8.24. The molecule has 2 saturated heterocycles. The normalized spacial score (nSPS) is 35.6. The first kappa shape index (κ1) is 24.3. The van der Waals surface area contributed by atoms with Crippen molar-refractivity contribution in [1.29, 1.82) is 0 Å². The Bertz CT molecular complexity index is 861. The topological polar surface area (TPSA) is 81.2 Å². The predicted molar refractivity (Wildman–Crippen MR) is 130 cm³/mol. The smallest absolute Gasteiger partial charge is 0.247 e. The number of likely N-dealkylation sites (tertiary alicyclic amines) is 1. The molecule has 4 aliphatic rings. The number of amides is 3. The minimum atomic E-state index is -0.759. The van der Waals surface area contributed by atoms with Crippen molar-refractivity contribution in [1.82, 2.24) is 14.7 Å². The Morgan fingerprint density at radius 3 is 2.42 bits per heavy atom. The summed E-state index contributed by atoms with van der Waals surface area (Å²) in [5.41, 5.74) is 0. The van der Waals surface area contributed by atoms with Gasteiger partial charge in [-0.3, -0.25) is 14.4 Å². The van der Waals surface area contributed by atoms with Crippen LogP contribution in [0.3, 0.4) is 0 Å². The zero-order valence-electron chi connectivity index (χ0n) is 20.0. The van der Waals surface area contributed by atoms with E-state index in [2.05, 4.69) is 19.1 Å². The fraction of sp³-hybridized carbons (Fsp3) is 0.720. The number of likely N-dealkylation sites (N-methyl/N-ethyl adjacent to an activating group) is 1. The van der Waals surface area contributed by atoms with Gasteiger partial charge in [0.25, 0.3) is 0 Å². The zero-order chi connectivity index (χ0) is 23.8. The Hall–Kier alpha value is -1.80. The summed E-state index contributed by atoms with van der Waals surface area (Å²) in [5, 5.41) is 9.29. The number of nitrogens with zero attached hydrogens (tertiary/aromatic N) is 3. The highest BCUT2D eigenvalue weighted by atomic mass is 32.2. The maximum Gasteiger partial charge on any atom is 0.247 e. The van der Waals surface area contributed by atoms with Gasteiger partial charge in [0.1, 0.15) is 6.04 Å². The second kappa shape index (κ2) is 9.45. The van der Waals surface area contributed by atoms with Crippen LogP contribution in [0.25, 0.3) is 0 Å². The molecule has 1 N–H and O–H groups in total. The summed E-state index contributed by atoms with van der Waals surface area (Å²) in [6, 6.07) is -0.616. The number of carbonyl (C=O) groups excluding carboxylic acids is 3. The average Bonchev–Trinajstić information content (AvgIpc) is 3.05. The van der Waals surface area contributed by atoms with Gasteiger partial charge in [0, 0.05) is 44.6 Å². The summed E-state index contributed by atoms with van der Waals surface area (Å²) in [6.07, 6.45) is 12.5. The number of aliphatic hydroxyl groups is 1. The molecule has 3 amide bonds. The van der Waals surface area contributed by atoms with Gasteiger partial charge in [-0.25, -0.2) is 0 Å². The zero-order valence-corrected chi connectivity index (χ0v) is 20.9. The molecule has 1 unspecified atom stereocenters. The average molecular weight is 476 g/mol. The summed E-state index contributed by atoms with van der Waals surface area (Å²) < 4.78 is -1.30. The lowest BCUT2D eigenvalue weighted by atomic mass is 9.74. The van der Waals surface area contributed by atoms with Crippen molar-refractivity contribution in [2.45, 2.75) is 61.5 Å². The molecule has 5 atom stereocenters. The molecule has 182 valence electrons. The number of hydrogen-bond donors (Lipinski definition) is 1. The molecule has 0 radical (unpaired) electrons. The monoisotopic (exact) mass is 475 g/mol. The lowest BCUT2D eigenvalue weighted by molar-refractivity contribution is -0.144. The third kappa shape index (κ3) is 3.93. The lowest BCUT2D eigenvalue weighted by Crippen LogP contribution is -2.53. The van der Waals surface area contributed by atoms with Crippen LogP contribution in [0.15, 0.2) is 24.3 Å².